The van der Waals surface area contributed by atoms with Gasteiger partial charge in [-0.2, -0.15) is 0 Å². The average Bonchev–Trinajstić information content (AvgIpc) is 1.99. The smallest absolute Gasteiger partial charge is 0.239 e. The van der Waals surface area contributed by atoms with Gasteiger partial charge in [-0.15, -0.1) is 0 Å². The Kier molecular flexibility index (Phi) is 2.46. The Balaban J connectivity index is 2.54. The minimum absolute atomic E-state index is 0.0123. The highest BCUT2D eigenvalue weighted by Gasteiger charge is 2.29. The molecule has 1 amide bonds. The number of piperidine rings is 1. The molecule has 2 unspecified atom stereocenters. The van der Waals surface area contributed by atoms with Crippen LogP contribution in [0.4, 0.5) is 0 Å². The van der Waals surface area contributed by atoms with Crippen molar-refractivity contribution in [2.45, 2.75) is 18.6 Å². The van der Waals surface area contributed by atoms with Gasteiger partial charge in [0.25, 0.3) is 0 Å². The van der Waals surface area contributed by atoms with Gasteiger partial charge in [-0.3, -0.25) is 4.79 Å². The van der Waals surface area contributed by atoms with Crippen LogP contribution in [0.15, 0.2) is 0 Å². The lowest BCUT2D eigenvalue weighted by atomic mass is 10.0. The highest BCUT2D eigenvalue weighted by Crippen LogP contribution is 2.10. The molecule has 0 aromatic rings. The van der Waals surface area contributed by atoms with Gasteiger partial charge in [-0.1, -0.05) is 0 Å². The number of likely N-dealkylation sites (tertiary alicyclic amines) is 1. The Hall–Kier alpha value is -0.610. The zero-order valence-corrected chi connectivity index (χ0v) is 6.91. The van der Waals surface area contributed by atoms with Gasteiger partial charge in [0.2, 0.25) is 5.91 Å². The molecule has 11 heavy (non-hydrogen) atoms. The standard InChI is InChI=1S/C7H14N2O2/c1-9-4-5(11-2)3-6(8)7(9)10/h5-6H,3-4,8H2,1-2H3. The molecule has 0 spiro atoms. The Bertz CT molecular complexity index is 147. The maximum Gasteiger partial charge on any atom is 0.239 e. The maximum atomic E-state index is 11.1. The number of rotatable bonds is 1. The normalized spacial score (nSPS) is 32.6. The molecule has 2 atom stereocenters. The molecule has 4 nitrogen and oxygen atoms in total. The maximum absolute atomic E-state index is 11.1. The van der Waals surface area contributed by atoms with E-state index in [2.05, 4.69) is 0 Å². The summed E-state index contributed by atoms with van der Waals surface area (Å²) in [5, 5.41) is 0. The van der Waals surface area contributed by atoms with E-state index in [1.165, 1.54) is 0 Å². The Morgan fingerprint density at radius 2 is 2.36 bits per heavy atom. The fraction of sp³-hybridized carbons (Fsp3) is 0.857. The number of ether oxygens (including phenoxy) is 1. The van der Waals surface area contributed by atoms with E-state index in [4.69, 9.17) is 10.5 Å². The molecule has 0 saturated carbocycles. The SMILES string of the molecule is COC1CC(N)C(=O)N(C)C1. The van der Waals surface area contributed by atoms with Crippen molar-refractivity contribution in [2.24, 2.45) is 5.73 Å². The first-order valence-electron chi connectivity index (χ1n) is 3.68. The molecular formula is C7H14N2O2. The molecule has 1 fully saturated rings. The molecule has 1 aliphatic heterocycles. The summed E-state index contributed by atoms with van der Waals surface area (Å²) in [6, 6.07) is -0.376. The predicted molar refractivity (Wildman–Crippen MR) is 41.0 cm³/mol. The molecule has 1 heterocycles. The van der Waals surface area contributed by atoms with Crippen molar-refractivity contribution < 1.29 is 9.53 Å². The summed E-state index contributed by atoms with van der Waals surface area (Å²) >= 11 is 0. The molecule has 0 radical (unpaired) electrons. The van der Waals surface area contributed by atoms with Crippen LogP contribution in [0.5, 0.6) is 0 Å². The number of likely N-dealkylation sites (N-methyl/N-ethyl adjacent to an activating group) is 1. The molecule has 0 aromatic heterocycles. The second kappa shape index (κ2) is 3.19. The van der Waals surface area contributed by atoms with Crippen molar-refractivity contribution in [2.75, 3.05) is 20.7 Å². The summed E-state index contributed by atoms with van der Waals surface area (Å²) in [6.45, 7) is 0.656. The van der Waals surface area contributed by atoms with Crippen LogP contribution in [-0.4, -0.2) is 43.7 Å². The Morgan fingerprint density at radius 3 is 2.82 bits per heavy atom. The molecule has 1 saturated heterocycles. The largest absolute Gasteiger partial charge is 0.380 e. The second-order valence-corrected chi connectivity index (χ2v) is 2.92. The summed E-state index contributed by atoms with van der Waals surface area (Å²) in [5.41, 5.74) is 5.56. The van der Waals surface area contributed by atoms with Crippen LogP contribution in [0, 0.1) is 0 Å². The topological polar surface area (TPSA) is 55.6 Å². The van der Waals surface area contributed by atoms with Gasteiger partial charge in [0.05, 0.1) is 12.1 Å². The lowest BCUT2D eigenvalue weighted by Crippen LogP contribution is -2.52. The van der Waals surface area contributed by atoms with Crippen LogP contribution in [0.3, 0.4) is 0 Å². The highest BCUT2D eigenvalue weighted by molar-refractivity contribution is 5.82. The third kappa shape index (κ3) is 1.70. The minimum Gasteiger partial charge on any atom is -0.380 e. The third-order valence-electron chi connectivity index (χ3n) is 2.02. The van der Waals surface area contributed by atoms with Crippen LogP contribution >= 0.6 is 0 Å². The van der Waals surface area contributed by atoms with Gasteiger partial charge in [0.15, 0.2) is 0 Å². The quantitative estimate of drug-likeness (QED) is 0.543. The zero-order valence-electron chi connectivity index (χ0n) is 6.91. The fourth-order valence-electron chi connectivity index (χ4n) is 1.31. The molecule has 1 rings (SSSR count). The first-order valence-corrected chi connectivity index (χ1v) is 3.68. The zero-order chi connectivity index (χ0) is 8.43. The number of amides is 1. The van der Waals surface area contributed by atoms with Gasteiger partial charge in [0, 0.05) is 20.7 Å². The lowest BCUT2D eigenvalue weighted by molar-refractivity contribution is -0.137. The van der Waals surface area contributed by atoms with E-state index < -0.39 is 0 Å². The van der Waals surface area contributed by atoms with E-state index in [1.54, 1.807) is 19.1 Å². The molecule has 0 bridgehead atoms. The third-order valence-corrected chi connectivity index (χ3v) is 2.02. The van der Waals surface area contributed by atoms with Gasteiger partial charge in [-0.05, 0) is 6.42 Å². The molecule has 0 aromatic carbocycles. The summed E-state index contributed by atoms with van der Waals surface area (Å²) in [4.78, 5) is 12.7. The molecule has 2 N–H and O–H groups in total. The van der Waals surface area contributed by atoms with Gasteiger partial charge in [0.1, 0.15) is 0 Å². The number of hydrogen-bond donors (Lipinski definition) is 1. The number of carbonyl (C=O) groups excluding carboxylic acids is 1. The van der Waals surface area contributed by atoms with Crippen molar-refractivity contribution in [1.29, 1.82) is 0 Å². The Labute approximate surface area is 66.3 Å². The van der Waals surface area contributed by atoms with Crippen LogP contribution in [0.2, 0.25) is 0 Å². The van der Waals surface area contributed by atoms with Gasteiger partial charge >= 0.3 is 0 Å². The molecule has 1 aliphatic rings. The number of nitrogens with two attached hydrogens (primary N) is 1. The van der Waals surface area contributed by atoms with Crippen molar-refractivity contribution in [3.63, 3.8) is 0 Å². The summed E-state index contributed by atoms with van der Waals surface area (Å²) in [7, 11) is 3.38. The van der Waals surface area contributed by atoms with Crippen molar-refractivity contribution >= 4 is 5.91 Å². The van der Waals surface area contributed by atoms with Crippen molar-refractivity contribution in [1.82, 2.24) is 4.90 Å². The summed E-state index contributed by atoms with van der Waals surface area (Å²) in [6.07, 6.45) is 0.743. The van der Waals surface area contributed by atoms with E-state index in [-0.39, 0.29) is 18.1 Å². The highest BCUT2D eigenvalue weighted by atomic mass is 16.5. The average molecular weight is 158 g/mol. The van der Waals surface area contributed by atoms with E-state index in [9.17, 15) is 4.79 Å². The van der Waals surface area contributed by atoms with Crippen molar-refractivity contribution in [3.8, 4) is 0 Å². The van der Waals surface area contributed by atoms with E-state index in [0.29, 0.717) is 13.0 Å². The summed E-state index contributed by atoms with van der Waals surface area (Å²) in [5.74, 6) is 0.0123. The van der Waals surface area contributed by atoms with Crippen LogP contribution in [-0.2, 0) is 9.53 Å². The first-order chi connectivity index (χ1) is 5.15. The fourth-order valence-corrected chi connectivity index (χ4v) is 1.31. The predicted octanol–water partition coefficient (Wildman–Crippen LogP) is -0.809. The van der Waals surface area contributed by atoms with E-state index in [1.807, 2.05) is 0 Å². The van der Waals surface area contributed by atoms with Crippen LogP contribution in [0.1, 0.15) is 6.42 Å². The number of nitrogens with zero attached hydrogens (tertiary/aromatic N) is 1. The molecule has 4 heteroatoms. The minimum atomic E-state index is -0.376. The molecular weight excluding hydrogens is 144 g/mol. The first kappa shape index (κ1) is 8.49. The summed E-state index contributed by atoms with van der Waals surface area (Å²) < 4.78 is 5.11. The molecule has 0 aliphatic carbocycles. The van der Waals surface area contributed by atoms with Crippen molar-refractivity contribution in [3.05, 3.63) is 0 Å². The van der Waals surface area contributed by atoms with Gasteiger partial charge < -0.3 is 15.4 Å². The molecule has 64 valence electrons. The lowest BCUT2D eigenvalue weighted by Gasteiger charge is -2.32. The number of methoxy groups -OCH3 is 1. The monoisotopic (exact) mass is 158 g/mol. The number of carbonyl (C=O) groups is 1. The van der Waals surface area contributed by atoms with E-state index >= 15 is 0 Å². The van der Waals surface area contributed by atoms with Gasteiger partial charge in [-0.25, -0.2) is 0 Å². The van der Waals surface area contributed by atoms with Crippen LogP contribution in [0.25, 0.3) is 0 Å². The number of hydrogen-bond acceptors (Lipinski definition) is 3. The Morgan fingerprint density at radius 1 is 1.73 bits per heavy atom. The van der Waals surface area contributed by atoms with Crippen LogP contribution < -0.4 is 5.73 Å². The van der Waals surface area contributed by atoms with E-state index in [0.717, 1.165) is 0 Å². The second-order valence-electron chi connectivity index (χ2n) is 2.92.